The van der Waals surface area contributed by atoms with Gasteiger partial charge in [0.1, 0.15) is 16.2 Å². The van der Waals surface area contributed by atoms with Crippen LogP contribution in [-0.4, -0.2) is 34.1 Å². The number of amidine groups is 1. The lowest BCUT2D eigenvalue weighted by atomic mass is 10.1. The molecule has 0 saturated carbocycles. The van der Waals surface area contributed by atoms with Gasteiger partial charge in [-0.2, -0.15) is 13.5 Å². The van der Waals surface area contributed by atoms with E-state index in [0.29, 0.717) is 12.3 Å². The van der Waals surface area contributed by atoms with E-state index in [1.165, 1.54) is 10.7 Å². The number of aromatic hydroxyl groups is 1. The molecular formula is C19H23N5O6S. The lowest BCUT2D eigenvalue weighted by molar-refractivity contribution is -0.385. The molecule has 11 nitrogen and oxygen atoms in total. The van der Waals surface area contributed by atoms with Crippen LogP contribution in [0.25, 0.3) is 0 Å². The van der Waals surface area contributed by atoms with E-state index in [-0.39, 0.29) is 40.1 Å². The summed E-state index contributed by atoms with van der Waals surface area (Å²) in [5.74, 6) is -0.763. The Kier molecular flexibility index (Phi) is 5.85. The minimum atomic E-state index is -4.36. The molecule has 0 amide bonds. The number of hydrogen-bond donors (Lipinski definition) is 2. The Balaban J connectivity index is 2.20. The van der Waals surface area contributed by atoms with Crippen LogP contribution in [0.15, 0.2) is 32.3 Å². The predicted molar refractivity (Wildman–Crippen MR) is 114 cm³/mol. The number of fused-ring (bicyclic) bond motifs is 1. The molecule has 0 atom stereocenters. The van der Waals surface area contributed by atoms with Crippen molar-refractivity contribution in [3.63, 3.8) is 0 Å². The fourth-order valence-electron chi connectivity index (χ4n) is 3.08. The van der Waals surface area contributed by atoms with E-state index in [1.807, 2.05) is 13.8 Å². The summed E-state index contributed by atoms with van der Waals surface area (Å²) in [7, 11) is -4.36. The number of hydrogen-bond acceptors (Lipinski definition) is 8. The molecule has 0 spiro atoms. The van der Waals surface area contributed by atoms with E-state index in [4.69, 9.17) is 0 Å². The summed E-state index contributed by atoms with van der Waals surface area (Å²) >= 11 is 0. The van der Waals surface area contributed by atoms with Crippen molar-refractivity contribution in [2.45, 2.75) is 51.5 Å². The highest BCUT2D eigenvalue weighted by atomic mass is 32.2. The first-order valence-corrected chi connectivity index (χ1v) is 11.1. The van der Waals surface area contributed by atoms with Crippen LogP contribution in [0.3, 0.4) is 0 Å². The van der Waals surface area contributed by atoms with Gasteiger partial charge in [0, 0.05) is 24.6 Å². The quantitative estimate of drug-likeness (QED) is 0.503. The molecule has 0 radical (unpaired) electrons. The van der Waals surface area contributed by atoms with Gasteiger partial charge in [-0.15, -0.1) is 4.40 Å². The maximum atomic E-state index is 13.1. The van der Waals surface area contributed by atoms with E-state index >= 15 is 0 Å². The third kappa shape index (κ3) is 4.29. The number of aromatic nitrogens is 2. The van der Waals surface area contributed by atoms with Crippen molar-refractivity contribution in [1.29, 1.82) is 0 Å². The fraction of sp³-hybridized carbons (Fsp3) is 0.421. The number of rotatable bonds is 6. The maximum Gasteiger partial charge on any atom is 0.286 e. The Morgan fingerprint density at radius 2 is 1.94 bits per heavy atom. The molecule has 1 aliphatic heterocycles. The zero-order valence-electron chi connectivity index (χ0n) is 17.5. The number of nitro groups is 1. The lowest BCUT2D eigenvalue weighted by Crippen LogP contribution is -2.35. The second kappa shape index (κ2) is 8.10. The third-order valence-corrected chi connectivity index (χ3v) is 6.09. The molecule has 31 heavy (non-hydrogen) atoms. The summed E-state index contributed by atoms with van der Waals surface area (Å²) in [5, 5.41) is 28.7. The number of sulfonamides is 1. The molecule has 2 N–H and O–H groups in total. The van der Waals surface area contributed by atoms with Crippen LogP contribution in [-0.2, 0) is 16.6 Å². The molecule has 1 aromatic heterocycles. The van der Waals surface area contributed by atoms with Gasteiger partial charge in [0.25, 0.3) is 21.3 Å². The van der Waals surface area contributed by atoms with E-state index < -0.39 is 31.9 Å². The zero-order valence-corrected chi connectivity index (χ0v) is 18.3. The Hall–Kier alpha value is -3.28. The molecule has 1 aromatic carbocycles. The van der Waals surface area contributed by atoms with Gasteiger partial charge in [-0.3, -0.25) is 14.9 Å². The molecule has 0 unspecified atom stereocenters. The Morgan fingerprint density at radius 3 is 2.52 bits per heavy atom. The lowest BCUT2D eigenvalue weighted by Gasteiger charge is -2.20. The van der Waals surface area contributed by atoms with Crippen molar-refractivity contribution >= 4 is 27.2 Å². The monoisotopic (exact) mass is 449 g/mol. The first-order valence-electron chi connectivity index (χ1n) is 9.67. The Morgan fingerprint density at radius 1 is 1.26 bits per heavy atom. The summed E-state index contributed by atoms with van der Waals surface area (Å²) in [6, 6.07) is 3.25. The van der Waals surface area contributed by atoms with Crippen LogP contribution >= 0.6 is 0 Å². The van der Waals surface area contributed by atoms with E-state index in [0.717, 1.165) is 12.1 Å². The van der Waals surface area contributed by atoms with Crippen LogP contribution in [0.5, 0.6) is 5.75 Å². The molecule has 166 valence electrons. The number of benzene rings is 1. The molecule has 0 bridgehead atoms. The molecule has 1 aliphatic rings. The predicted octanol–water partition coefficient (Wildman–Crippen LogP) is 2.59. The average molecular weight is 449 g/mol. The van der Waals surface area contributed by atoms with Crippen molar-refractivity contribution in [1.82, 2.24) is 9.78 Å². The van der Waals surface area contributed by atoms with Gasteiger partial charge >= 0.3 is 0 Å². The largest absolute Gasteiger partial charge is 0.505 e. The number of anilines is 1. The Bertz CT molecular complexity index is 1250. The standard InChI is InChI=1S/C19H23N5O6S/c1-10(2)7-8-23-19(26)15(17(25)16(21-23)11(3)4)18-20-13-6-5-12(24(27)28)9-14(13)31(29,30)22-18/h5-6,9-11,25H,7-8H2,1-4H3,(H,20,22). The van der Waals surface area contributed by atoms with E-state index in [2.05, 4.69) is 14.8 Å². The summed E-state index contributed by atoms with van der Waals surface area (Å²) in [6.07, 6.45) is 0.652. The first kappa shape index (κ1) is 22.4. The van der Waals surface area contributed by atoms with Gasteiger partial charge in [-0.05, 0) is 18.4 Å². The van der Waals surface area contributed by atoms with E-state index in [1.54, 1.807) is 13.8 Å². The molecule has 0 aliphatic carbocycles. The molecular weight excluding hydrogens is 426 g/mol. The highest BCUT2D eigenvalue weighted by Crippen LogP contribution is 2.33. The van der Waals surface area contributed by atoms with Crippen LogP contribution in [0, 0.1) is 16.0 Å². The van der Waals surface area contributed by atoms with Crippen molar-refractivity contribution in [2.75, 3.05) is 5.32 Å². The fourth-order valence-corrected chi connectivity index (χ4v) is 4.23. The van der Waals surface area contributed by atoms with Crippen LogP contribution in [0.2, 0.25) is 0 Å². The number of non-ortho nitro benzene ring substituents is 1. The third-order valence-electron chi connectivity index (χ3n) is 4.78. The zero-order chi connectivity index (χ0) is 23.1. The van der Waals surface area contributed by atoms with Gasteiger partial charge in [-0.1, -0.05) is 27.7 Å². The molecule has 2 heterocycles. The van der Waals surface area contributed by atoms with Gasteiger partial charge in [0.05, 0.1) is 10.6 Å². The van der Waals surface area contributed by atoms with E-state index in [9.17, 15) is 28.4 Å². The summed E-state index contributed by atoms with van der Waals surface area (Å²) in [6.45, 7) is 7.83. The molecule has 0 saturated heterocycles. The molecule has 0 fully saturated rings. The maximum absolute atomic E-state index is 13.1. The first-order chi connectivity index (χ1) is 14.4. The van der Waals surface area contributed by atoms with Crippen LogP contribution in [0.4, 0.5) is 11.4 Å². The van der Waals surface area contributed by atoms with Crippen molar-refractivity contribution in [3.05, 3.63) is 49.9 Å². The highest BCUT2D eigenvalue weighted by Gasteiger charge is 2.32. The summed E-state index contributed by atoms with van der Waals surface area (Å²) < 4.78 is 30.3. The summed E-state index contributed by atoms with van der Waals surface area (Å²) in [4.78, 5) is 23.0. The average Bonchev–Trinajstić information content (AvgIpc) is 2.66. The smallest absolute Gasteiger partial charge is 0.286 e. The van der Waals surface area contributed by atoms with Gasteiger partial charge in [0.15, 0.2) is 11.6 Å². The number of nitro benzene ring substituents is 1. The van der Waals surface area contributed by atoms with Gasteiger partial charge < -0.3 is 10.4 Å². The molecule has 2 aromatic rings. The minimum absolute atomic E-state index is 0.0195. The van der Waals surface area contributed by atoms with Crippen molar-refractivity contribution in [2.24, 2.45) is 10.3 Å². The molecule has 3 rings (SSSR count). The number of nitrogens with one attached hydrogen (secondary N) is 1. The number of nitrogens with zero attached hydrogens (tertiary/aromatic N) is 4. The summed E-state index contributed by atoms with van der Waals surface area (Å²) in [5.41, 5.74) is -1.15. The van der Waals surface area contributed by atoms with Crippen molar-refractivity contribution in [3.8, 4) is 5.75 Å². The SMILES string of the molecule is CC(C)CCn1nc(C(C)C)c(O)c(C2=NS(=O)(=O)c3cc([N+](=O)[O-])ccc3N2)c1=O. The topological polar surface area (TPSA) is 157 Å². The molecule has 12 heteroatoms. The normalized spacial score (nSPS) is 14.8. The second-order valence-corrected chi connectivity index (χ2v) is 9.52. The van der Waals surface area contributed by atoms with Crippen molar-refractivity contribution < 1.29 is 18.4 Å². The number of aryl methyl sites for hydroxylation is 1. The van der Waals surface area contributed by atoms with Crippen LogP contribution < -0.4 is 10.9 Å². The van der Waals surface area contributed by atoms with Gasteiger partial charge in [-0.25, -0.2) is 4.68 Å². The second-order valence-electron chi connectivity index (χ2n) is 7.95. The highest BCUT2D eigenvalue weighted by molar-refractivity contribution is 7.90. The Labute approximate surface area is 178 Å². The minimum Gasteiger partial charge on any atom is -0.505 e. The van der Waals surface area contributed by atoms with Gasteiger partial charge in [0.2, 0.25) is 0 Å². The van der Waals surface area contributed by atoms with Crippen LogP contribution in [0.1, 0.15) is 51.3 Å².